The summed E-state index contributed by atoms with van der Waals surface area (Å²) >= 11 is 0. The number of amides is 1. The molecule has 1 fully saturated rings. The SMILES string of the molecule is O=C(CCOc1ccccc1F)N1CCOC(c2ccc(F)cc2)C1. The maximum Gasteiger partial charge on any atom is 0.226 e. The standard InChI is InChI=1S/C19H19F2NO3/c20-15-7-5-14(6-8-15)18-13-22(10-12-25-18)19(23)9-11-24-17-4-2-1-3-16(17)21/h1-8,18H,9-13H2. The topological polar surface area (TPSA) is 38.8 Å². The van der Waals surface area contributed by atoms with Crippen molar-refractivity contribution in [2.45, 2.75) is 12.5 Å². The predicted octanol–water partition coefficient (Wildman–Crippen LogP) is 3.33. The maximum absolute atomic E-state index is 13.5. The van der Waals surface area contributed by atoms with Gasteiger partial charge in [0, 0.05) is 6.54 Å². The Morgan fingerprint density at radius 1 is 1.16 bits per heavy atom. The summed E-state index contributed by atoms with van der Waals surface area (Å²) in [4.78, 5) is 14.0. The van der Waals surface area contributed by atoms with Crippen LogP contribution in [0.1, 0.15) is 18.1 Å². The van der Waals surface area contributed by atoms with E-state index in [1.807, 2.05) is 0 Å². The Kier molecular flexibility index (Phi) is 5.60. The third-order valence-electron chi connectivity index (χ3n) is 4.07. The molecule has 6 heteroatoms. The van der Waals surface area contributed by atoms with Gasteiger partial charge in [0.05, 0.1) is 26.2 Å². The first-order valence-corrected chi connectivity index (χ1v) is 8.15. The van der Waals surface area contributed by atoms with Crippen molar-refractivity contribution in [1.82, 2.24) is 4.90 Å². The Labute approximate surface area is 145 Å². The highest BCUT2D eigenvalue weighted by Crippen LogP contribution is 2.23. The molecule has 1 unspecified atom stereocenters. The summed E-state index contributed by atoms with van der Waals surface area (Å²) in [6.07, 6.45) is -0.115. The van der Waals surface area contributed by atoms with E-state index in [2.05, 4.69) is 0 Å². The lowest BCUT2D eigenvalue weighted by molar-refractivity contribution is -0.139. The fourth-order valence-corrected chi connectivity index (χ4v) is 2.72. The number of ether oxygens (including phenoxy) is 2. The highest BCUT2D eigenvalue weighted by Gasteiger charge is 2.25. The molecule has 0 radical (unpaired) electrons. The van der Waals surface area contributed by atoms with Crippen LogP contribution < -0.4 is 4.74 Å². The van der Waals surface area contributed by atoms with Crippen LogP contribution in [0.25, 0.3) is 0 Å². The molecule has 0 spiro atoms. The largest absolute Gasteiger partial charge is 0.490 e. The number of rotatable bonds is 5. The summed E-state index contributed by atoms with van der Waals surface area (Å²) in [5, 5.41) is 0. The Hall–Kier alpha value is -2.47. The van der Waals surface area contributed by atoms with E-state index in [-0.39, 0.29) is 36.6 Å². The highest BCUT2D eigenvalue weighted by atomic mass is 19.1. The maximum atomic E-state index is 13.5. The van der Waals surface area contributed by atoms with Gasteiger partial charge < -0.3 is 14.4 Å². The number of hydrogen-bond donors (Lipinski definition) is 0. The van der Waals surface area contributed by atoms with Crippen LogP contribution in [-0.2, 0) is 9.53 Å². The highest BCUT2D eigenvalue weighted by molar-refractivity contribution is 5.76. The van der Waals surface area contributed by atoms with Crippen molar-refractivity contribution in [3.8, 4) is 5.75 Å². The summed E-state index contributed by atoms with van der Waals surface area (Å²) in [5.74, 6) is -0.691. The summed E-state index contributed by atoms with van der Waals surface area (Å²) in [6, 6.07) is 12.2. The first kappa shape index (κ1) is 17.4. The quantitative estimate of drug-likeness (QED) is 0.833. The van der Waals surface area contributed by atoms with Crippen molar-refractivity contribution in [1.29, 1.82) is 0 Å². The smallest absolute Gasteiger partial charge is 0.226 e. The van der Waals surface area contributed by atoms with E-state index in [1.165, 1.54) is 24.3 Å². The molecule has 1 saturated heterocycles. The third kappa shape index (κ3) is 4.54. The molecule has 1 amide bonds. The molecular formula is C19H19F2NO3. The minimum atomic E-state index is -0.447. The molecule has 0 N–H and O–H groups in total. The van der Waals surface area contributed by atoms with Gasteiger partial charge in [-0.25, -0.2) is 8.78 Å². The van der Waals surface area contributed by atoms with Gasteiger partial charge in [-0.1, -0.05) is 24.3 Å². The summed E-state index contributed by atoms with van der Waals surface area (Å²) < 4.78 is 37.5. The van der Waals surface area contributed by atoms with Gasteiger partial charge in [-0.05, 0) is 29.8 Å². The van der Waals surface area contributed by atoms with Crippen LogP contribution in [0.15, 0.2) is 48.5 Å². The Morgan fingerprint density at radius 3 is 2.68 bits per heavy atom. The number of hydrogen-bond acceptors (Lipinski definition) is 3. The van der Waals surface area contributed by atoms with Crippen LogP contribution in [0, 0.1) is 11.6 Å². The van der Waals surface area contributed by atoms with Crippen LogP contribution >= 0.6 is 0 Å². The van der Waals surface area contributed by atoms with Crippen LogP contribution in [-0.4, -0.2) is 37.1 Å². The van der Waals surface area contributed by atoms with Gasteiger partial charge in [-0.2, -0.15) is 0 Å². The molecule has 0 aliphatic carbocycles. The van der Waals surface area contributed by atoms with Gasteiger partial charge in [0.2, 0.25) is 5.91 Å². The summed E-state index contributed by atoms with van der Waals surface area (Å²) in [7, 11) is 0. The van der Waals surface area contributed by atoms with Crippen molar-refractivity contribution in [2.75, 3.05) is 26.3 Å². The van der Waals surface area contributed by atoms with Crippen molar-refractivity contribution in [3.63, 3.8) is 0 Å². The predicted molar refractivity (Wildman–Crippen MR) is 88.2 cm³/mol. The van der Waals surface area contributed by atoms with Gasteiger partial charge in [0.15, 0.2) is 11.6 Å². The van der Waals surface area contributed by atoms with Gasteiger partial charge >= 0.3 is 0 Å². The van der Waals surface area contributed by atoms with E-state index in [0.717, 1.165) is 5.56 Å². The van der Waals surface area contributed by atoms with Crippen LogP contribution in [0.2, 0.25) is 0 Å². The molecule has 2 aromatic carbocycles. The van der Waals surface area contributed by atoms with E-state index in [1.54, 1.807) is 29.2 Å². The summed E-state index contributed by atoms with van der Waals surface area (Å²) in [5.41, 5.74) is 0.835. The lowest BCUT2D eigenvalue weighted by atomic mass is 10.1. The fraction of sp³-hybridized carbons (Fsp3) is 0.316. The molecule has 4 nitrogen and oxygen atoms in total. The lowest BCUT2D eigenvalue weighted by Gasteiger charge is -2.33. The molecule has 2 aromatic rings. The van der Waals surface area contributed by atoms with Crippen molar-refractivity contribution >= 4 is 5.91 Å². The second-order valence-corrected chi connectivity index (χ2v) is 5.78. The number of morpholine rings is 1. The average Bonchev–Trinajstić information content (AvgIpc) is 2.64. The molecule has 1 aliphatic rings. The second-order valence-electron chi connectivity index (χ2n) is 5.78. The molecule has 0 saturated carbocycles. The molecular weight excluding hydrogens is 328 g/mol. The van der Waals surface area contributed by atoms with E-state index >= 15 is 0 Å². The number of halogens is 2. The monoisotopic (exact) mass is 347 g/mol. The number of carbonyl (C=O) groups excluding carboxylic acids is 1. The number of carbonyl (C=O) groups is 1. The minimum absolute atomic E-state index is 0.0771. The lowest BCUT2D eigenvalue weighted by Crippen LogP contribution is -2.42. The van der Waals surface area contributed by atoms with E-state index < -0.39 is 5.82 Å². The second kappa shape index (κ2) is 8.07. The fourth-order valence-electron chi connectivity index (χ4n) is 2.72. The molecule has 1 aliphatic heterocycles. The molecule has 0 aromatic heterocycles. The average molecular weight is 347 g/mol. The number of nitrogens with zero attached hydrogens (tertiary/aromatic N) is 1. The Bertz CT molecular complexity index is 721. The van der Waals surface area contributed by atoms with E-state index in [9.17, 15) is 13.6 Å². The number of benzene rings is 2. The van der Waals surface area contributed by atoms with E-state index in [0.29, 0.717) is 19.7 Å². The third-order valence-corrected chi connectivity index (χ3v) is 4.07. The van der Waals surface area contributed by atoms with Gasteiger partial charge in [0.1, 0.15) is 11.9 Å². The molecule has 1 heterocycles. The van der Waals surface area contributed by atoms with Crippen LogP contribution in [0.3, 0.4) is 0 Å². The zero-order valence-corrected chi connectivity index (χ0v) is 13.7. The first-order chi connectivity index (χ1) is 12.1. The molecule has 0 bridgehead atoms. The van der Waals surface area contributed by atoms with Crippen LogP contribution in [0.5, 0.6) is 5.75 Å². The van der Waals surface area contributed by atoms with Gasteiger partial charge in [0.25, 0.3) is 0 Å². The van der Waals surface area contributed by atoms with Crippen molar-refractivity contribution < 1.29 is 23.0 Å². The Balaban J connectivity index is 1.51. The Morgan fingerprint density at radius 2 is 1.92 bits per heavy atom. The summed E-state index contributed by atoms with van der Waals surface area (Å²) in [6.45, 7) is 1.43. The normalized spacial score (nSPS) is 17.4. The minimum Gasteiger partial charge on any atom is -0.490 e. The van der Waals surface area contributed by atoms with E-state index in [4.69, 9.17) is 9.47 Å². The van der Waals surface area contributed by atoms with Gasteiger partial charge in [-0.15, -0.1) is 0 Å². The van der Waals surface area contributed by atoms with Crippen molar-refractivity contribution in [3.05, 3.63) is 65.7 Å². The zero-order chi connectivity index (χ0) is 17.6. The van der Waals surface area contributed by atoms with Gasteiger partial charge in [-0.3, -0.25) is 4.79 Å². The number of para-hydroxylation sites is 1. The first-order valence-electron chi connectivity index (χ1n) is 8.15. The van der Waals surface area contributed by atoms with Crippen LogP contribution in [0.4, 0.5) is 8.78 Å². The molecule has 132 valence electrons. The zero-order valence-electron chi connectivity index (χ0n) is 13.7. The van der Waals surface area contributed by atoms with Crippen molar-refractivity contribution in [2.24, 2.45) is 0 Å². The molecule has 1 atom stereocenters. The molecule has 25 heavy (non-hydrogen) atoms. The molecule has 3 rings (SSSR count).